The molecule has 0 saturated heterocycles. The topological polar surface area (TPSA) is 64.2 Å². The summed E-state index contributed by atoms with van der Waals surface area (Å²) in [5.74, 6) is -1.55. The monoisotopic (exact) mass is 428 g/mol. The van der Waals surface area contributed by atoms with Crippen molar-refractivity contribution in [3.63, 3.8) is 0 Å². The molecule has 0 fully saturated rings. The molecule has 31 heavy (non-hydrogen) atoms. The Kier molecular flexibility index (Phi) is 5.82. The number of aryl methyl sites for hydroxylation is 1. The summed E-state index contributed by atoms with van der Waals surface area (Å²) >= 11 is 0. The maximum Gasteiger partial charge on any atom is 0.224 e. The number of carbonyl (C=O) groups is 1. The van der Waals surface area contributed by atoms with E-state index in [4.69, 9.17) is 5.73 Å². The molecule has 0 unspecified atom stereocenters. The Morgan fingerprint density at radius 1 is 1.13 bits per heavy atom. The highest BCUT2D eigenvalue weighted by atomic mass is 19.1. The number of rotatable bonds is 5. The van der Waals surface area contributed by atoms with Crippen LogP contribution in [0.15, 0.2) is 42.5 Å². The Balaban J connectivity index is 1.47. The van der Waals surface area contributed by atoms with Gasteiger partial charge in [-0.3, -0.25) is 9.48 Å². The summed E-state index contributed by atoms with van der Waals surface area (Å²) in [6.45, 7) is 0.894. The first kappa shape index (κ1) is 21.1. The predicted molar refractivity (Wildman–Crippen MR) is 110 cm³/mol. The molecule has 0 bridgehead atoms. The minimum atomic E-state index is -0.629. The van der Waals surface area contributed by atoms with Crippen LogP contribution in [0, 0.1) is 17.5 Å². The lowest BCUT2D eigenvalue weighted by molar-refractivity contribution is -0.132. The van der Waals surface area contributed by atoms with Gasteiger partial charge in [-0.1, -0.05) is 0 Å². The second-order valence-electron chi connectivity index (χ2n) is 7.87. The normalized spacial score (nSPS) is 14.4. The van der Waals surface area contributed by atoms with Gasteiger partial charge in [0.25, 0.3) is 0 Å². The molecule has 162 valence electrons. The predicted octanol–water partition coefficient (Wildman–Crippen LogP) is 3.35. The second-order valence-corrected chi connectivity index (χ2v) is 7.87. The minimum absolute atomic E-state index is 0.0252. The van der Waals surface area contributed by atoms with Crippen LogP contribution in [0.2, 0.25) is 0 Å². The molecule has 0 spiro atoms. The quantitative estimate of drug-likeness (QED) is 0.678. The van der Waals surface area contributed by atoms with Gasteiger partial charge in [0.15, 0.2) is 0 Å². The molecule has 5 nitrogen and oxygen atoms in total. The van der Waals surface area contributed by atoms with Gasteiger partial charge in [-0.2, -0.15) is 5.10 Å². The van der Waals surface area contributed by atoms with E-state index in [2.05, 4.69) is 5.10 Å². The first-order valence-corrected chi connectivity index (χ1v) is 10.1. The molecule has 2 heterocycles. The number of nitrogens with two attached hydrogens (primary N) is 1. The number of fused-ring (bicyclic) bond motifs is 1. The van der Waals surface area contributed by atoms with E-state index >= 15 is 0 Å². The minimum Gasteiger partial charge on any atom is -0.338 e. The van der Waals surface area contributed by atoms with Crippen molar-refractivity contribution in [3.8, 4) is 11.3 Å². The maximum atomic E-state index is 13.9. The van der Waals surface area contributed by atoms with E-state index in [9.17, 15) is 18.0 Å². The van der Waals surface area contributed by atoms with E-state index in [0.717, 1.165) is 40.7 Å². The van der Waals surface area contributed by atoms with Gasteiger partial charge in [0.1, 0.15) is 17.5 Å². The van der Waals surface area contributed by atoms with Gasteiger partial charge < -0.3 is 10.6 Å². The van der Waals surface area contributed by atoms with Crippen molar-refractivity contribution in [1.29, 1.82) is 0 Å². The highest BCUT2D eigenvalue weighted by Gasteiger charge is 2.28. The van der Waals surface area contributed by atoms with Crippen molar-refractivity contribution in [3.05, 3.63) is 76.7 Å². The third-order valence-electron chi connectivity index (χ3n) is 5.64. The number of hydrogen-bond acceptors (Lipinski definition) is 3. The molecule has 4 rings (SSSR count). The number of aromatic nitrogens is 2. The van der Waals surface area contributed by atoms with Crippen LogP contribution in [-0.4, -0.2) is 33.2 Å². The molecule has 2 N–H and O–H groups in total. The van der Waals surface area contributed by atoms with Gasteiger partial charge in [-0.05, 0) is 54.4 Å². The molecule has 1 atom stereocenters. The molecule has 2 aromatic carbocycles. The SMILES string of the molecule is Cn1nc(-c2ccc(F)cc2)c2c1CCN(C(=O)C[C@H](N)Cc1cc(F)ccc1F)C2. The average Bonchev–Trinajstić information content (AvgIpc) is 3.07. The third-order valence-corrected chi connectivity index (χ3v) is 5.64. The molecule has 8 heteroatoms. The van der Waals surface area contributed by atoms with Crippen LogP contribution in [0.3, 0.4) is 0 Å². The zero-order valence-corrected chi connectivity index (χ0v) is 17.1. The summed E-state index contributed by atoms with van der Waals surface area (Å²) in [6, 6.07) is 8.69. The molecule has 0 aliphatic carbocycles. The summed E-state index contributed by atoms with van der Waals surface area (Å²) in [5, 5.41) is 4.58. The van der Waals surface area contributed by atoms with Gasteiger partial charge in [-0.15, -0.1) is 0 Å². The van der Waals surface area contributed by atoms with E-state index in [1.807, 2.05) is 7.05 Å². The van der Waals surface area contributed by atoms with Crippen LogP contribution in [-0.2, 0) is 31.2 Å². The maximum absolute atomic E-state index is 13.9. The van der Waals surface area contributed by atoms with Crippen LogP contribution in [0.5, 0.6) is 0 Å². The molecule has 1 aromatic heterocycles. The zero-order valence-electron chi connectivity index (χ0n) is 17.1. The summed E-state index contributed by atoms with van der Waals surface area (Å²) in [4.78, 5) is 14.6. The van der Waals surface area contributed by atoms with Gasteiger partial charge in [0, 0.05) is 55.8 Å². The molecule has 3 aromatic rings. The Hall–Kier alpha value is -3.13. The van der Waals surface area contributed by atoms with E-state index in [1.54, 1.807) is 21.7 Å². The first-order chi connectivity index (χ1) is 14.8. The van der Waals surface area contributed by atoms with Gasteiger partial charge in [0.05, 0.1) is 5.69 Å². The average molecular weight is 428 g/mol. The number of carbonyl (C=O) groups excluding carboxylic acids is 1. The fourth-order valence-electron chi connectivity index (χ4n) is 4.05. The first-order valence-electron chi connectivity index (χ1n) is 10.1. The Morgan fingerprint density at radius 3 is 2.58 bits per heavy atom. The smallest absolute Gasteiger partial charge is 0.224 e. The molecule has 1 aliphatic heterocycles. The van der Waals surface area contributed by atoms with Crippen LogP contribution >= 0.6 is 0 Å². The summed E-state index contributed by atoms with van der Waals surface area (Å²) in [5.41, 5.74) is 9.71. The number of halogens is 3. The lowest BCUT2D eigenvalue weighted by Gasteiger charge is -2.29. The van der Waals surface area contributed by atoms with Gasteiger partial charge in [-0.25, -0.2) is 13.2 Å². The molecule has 1 amide bonds. The zero-order chi connectivity index (χ0) is 22.1. The van der Waals surface area contributed by atoms with Gasteiger partial charge in [0.2, 0.25) is 5.91 Å². The van der Waals surface area contributed by atoms with Crippen molar-refractivity contribution < 1.29 is 18.0 Å². The second kappa shape index (κ2) is 8.55. The third kappa shape index (κ3) is 4.49. The molecular weight excluding hydrogens is 405 g/mol. The van der Waals surface area contributed by atoms with Crippen LogP contribution in [0.25, 0.3) is 11.3 Å². The van der Waals surface area contributed by atoms with Crippen molar-refractivity contribution >= 4 is 5.91 Å². The summed E-state index contributed by atoms with van der Waals surface area (Å²) in [6.07, 6.45) is 0.735. The fourth-order valence-corrected chi connectivity index (χ4v) is 4.05. The molecule has 0 radical (unpaired) electrons. The number of benzene rings is 2. The number of nitrogens with zero attached hydrogens (tertiary/aromatic N) is 3. The van der Waals surface area contributed by atoms with Crippen LogP contribution < -0.4 is 5.73 Å². The summed E-state index contributed by atoms with van der Waals surface area (Å²) < 4.78 is 42.4. The van der Waals surface area contributed by atoms with Crippen molar-refractivity contribution in [1.82, 2.24) is 14.7 Å². The lowest BCUT2D eigenvalue weighted by atomic mass is 9.99. The largest absolute Gasteiger partial charge is 0.338 e. The molecule has 0 saturated carbocycles. The lowest BCUT2D eigenvalue weighted by Crippen LogP contribution is -2.40. The Bertz CT molecular complexity index is 1110. The highest BCUT2D eigenvalue weighted by molar-refractivity contribution is 5.78. The number of hydrogen-bond donors (Lipinski definition) is 1. The summed E-state index contributed by atoms with van der Waals surface area (Å²) in [7, 11) is 1.85. The van der Waals surface area contributed by atoms with Gasteiger partial charge >= 0.3 is 0 Å². The van der Waals surface area contributed by atoms with E-state index in [-0.39, 0.29) is 30.1 Å². The van der Waals surface area contributed by atoms with Crippen LogP contribution in [0.1, 0.15) is 23.2 Å². The fraction of sp³-hybridized carbons (Fsp3) is 0.304. The number of amides is 1. The van der Waals surface area contributed by atoms with E-state index in [0.29, 0.717) is 19.5 Å². The Labute approximate surface area is 178 Å². The highest BCUT2D eigenvalue weighted by Crippen LogP contribution is 2.30. The Morgan fingerprint density at radius 2 is 1.84 bits per heavy atom. The van der Waals surface area contributed by atoms with Crippen molar-refractivity contribution in [2.24, 2.45) is 12.8 Å². The standard InChI is InChI=1S/C23H23F3N4O/c1-29-21-8-9-30(13-19(21)23(28-29)14-2-4-16(24)5-3-14)22(31)12-18(27)11-15-10-17(25)6-7-20(15)26/h2-7,10,18H,8-9,11-13,27H2,1H3/t18-/m1/s1. The van der Waals surface area contributed by atoms with E-state index < -0.39 is 17.7 Å². The van der Waals surface area contributed by atoms with Crippen molar-refractivity contribution in [2.45, 2.75) is 31.8 Å². The van der Waals surface area contributed by atoms with Crippen LogP contribution in [0.4, 0.5) is 13.2 Å². The van der Waals surface area contributed by atoms with E-state index in [1.165, 1.54) is 12.1 Å². The molecule has 1 aliphatic rings. The van der Waals surface area contributed by atoms with Crippen molar-refractivity contribution in [2.75, 3.05) is 6.54 Å². The molecular formula is C23H23F3N4O.